The van der Waals surface area contributed by atoms with Crippen LogP contribution in [0.4, 0.5) is 5.69 Å². The molecule has 1 aliphatic carbocycles. The van der Waals surface area contributed by atoms with Crippen LogP contribution in [0.5, 0.6) is 5.75 Å². The average Bonchev–Trinajstić information content (AvgIpc) is 2.98. The molecule has 1 amide bonds. The van der Waals surface area contributed by atoms with E-state index in [0.717, 1.165) is 54.4 Å². The van der Waals surface area contributed by atoms with Gasteiger partial charge in [-0.25, -0.2) is 0 Å². The van der Waals surface area contributed by atoms with Gasteiger partial charge >= 0.3 is 0 Å². The summed E-state index contributed by atoms with van der Waals surface area (Å²) >= 11 is 6.34. The number of halogens is 1. The number of fused-ring (bicyclic) bond motifs is 1. The van der Waals surface area contributed by atoms with Gasteiger partial charge in [0, 0.05) is 31.7 Å². The highest BCUT2D eigenvalue weighted by atomic mass is 35.5. The molecule has 2 aromatic rings. The van der Waals surface area contributed by atoms with Crippen molar-refractivity contribution in [2.75, 3.05) is 37.6 Å². The predicted molar refractivity (Wildman–Crippen MR) is 126 cm³/mol. The van der Waals surface area contributed by atoms with Gasteiger partial charge in [-0.2, -0.15) is 0 Å². The van der Waals surface area contributed by atoms with Crippen molar-refractivity contribution in [2.45, 2.75) is 40.2 Å². The molecule has 1 saturated heterocycles. The number of para-hydroxylation sites is 1. The molecule has 5 nitrogen and oxygen atoms in total. The minimum Gasteiger partial charge on any atom is -0.507 e. The topological polar surface area (TPSA) is 55.8 Å². The van der Waals surface area contributed by atoms with E-state index in [-0.39, 0.29) is 17.4 Å². The van der Waals surface area contributed by atoms with Gasteiger partial charge in [0.15, 0.2) is 0 Å². The average molecular weight is 442 g/mol. The van der Waals surface area contributed by atoms with E-state index in [1.807, 2.05) is 37.3 Å². The number of nitrogens with one attached hydrogen (secondary N) is 1. The molecular formula is C25H32ClN3O2. The SMILES string of the molecule is Cc1cc(C)c2c(c1O)C(NC(=O)CN1CCN(c3ccccc3Cl)CC1)C(C)(C)C2. The van der Waals surface area contributed by atoms with Gasteiger partial charge in [0.25, 0.3) is 0 Å². The molecule has 2 aliphatic rings. The Hall–Kier alpha value is -2.24. The molecule has 4 rings (SSSR count). The van der Waals surface area contributed by atoms with Crippen LogP contribution in [0.3, 0.4) is 0 Å². The lowest BCUT2D eigenvalue weighted by Gasteiger charge is -2.36. The number of hydrogen-bond acceptors (Lipinski definition) is 4. The first-order valence-corrected chi connectivity index (χ1v) is 11.4. The number of amides is 1. The number of piperazine rings is 1. The third-order valence-corrected chi connectivity index (χ3v) is 7.12. The van der Waals surface area contributed by atoms with Crippen LogP contribution in [0.25, 0.3) is 0 Å². The van der Waals surface area contributed by atoms with Crippen LogP contribution < -0.4 is 10.2 Å². The molecular weight excluding hydrogens is 410 g/mol. The monoisotopic (exact) mass is 441 g/mol. The largest absolute Gasteiger partial charge is 0.507 e. The summed E-state index contributed by atoms with van der Waals surface area (Å²) in [5, 5.41) is 14.8. The van der Waals surface area contributed by atoms with Gasteiger partial charge in [-0.15, -0.1) is 0 Å². The molecule has 1 heterocycles. The summed E-state index contributed by atoms with van der Waals surface area (Å²) in [7, 11) is 0. The fraction of sp³-hybridized carbons (Fsp3) is 0.480. The molecule has 1 unspecified atom stereocenters. The van der Waals surface area contributed by atoms with E-state index in [1.165, 1.54) is 11.1 Å². The van der Waals surface area contributed by atoms with E-state index < -0.39 is 0 Å². The molecule has 0 saturated carbocycles. The zero-order chi connectivity index (χ0) is 22.3. The maximum Gasteiger partial charge on any atom is 0.234 e. The van der Waals surface area contributed by atoms with Crippen LogP contribution in [0.15, 0.2) is 30.3 Å². The van der Waals surface area contributed by atoms with Crippen LogP contribution in [0.1, 0.15) is 42.1 Å². The van der Waals surface area contributed by atoms with Crippen LogP contribution in [0, 0.1) is 19.3 Å². The minimum atomic E-state index is -0.182. The molecule has 1 atom stereocenters. The zero-order valence-electron chi connectivity index (χ0n) is 18.8. The van der Waals surface area contributed by atoms with Gasteiger partial charge in [0.1, 0.15) is 5.75 Å². The number of aromatic hydroxyl groups is 1. The van der Waals surface area contributed by atoms with Gasteiger partial charge in [0.05, 0.1) is 23.3 Å². The van der Waals surface area contributed by atoms with Crippen molar-refractivity contribution < 1.29 is 9.90 Å². The van der Waals surface area contributed by atoms with Crippen molar-refractivity contribution in [3.63, 3.8) is 0 Å². The predicted octanol–water partition coefficient (Wildman–Crippen LogP) is 4.22. The van der Waals surface area contributed by atoms with Crippen molar-refractivity contribution in [1.82, 2.24) is 10.2 Å². The highest BCUT2D eigenvalue weighted by molar-refractivity contribution is 6.33. The number of rotatable bonds is 4. The second-order valence-corrected chi connectivity index (χ2v) is 10.0. The Labute approximate surface area is 190 Å². The van der Waals surface area contributed by atoms with Gasteiger partial charge in [-0.05, 0) is 54.5 Å². The molecule has 0 aromatic heterocycles. The van der Waals surface area contributed by atoms with Crippen LogP contribution in [-0.2, 0) is 11.2 Å². The first kappa shape index (κ1) is 22.0. The van der Waals surface area contributed by atoms with Crippen LogP contribution in [0.2, 0.25) is 5.02 Å². The second kappa shape index (κ2) is 8.36. The summed E-state index contributed by atoms with van der Waals surface area (Å²) in [5.41, 5.74) is 5.04. The van der Waals surface area contributed by atoms with Crippen molar-refractivity contribution >= 4 is 23.2 Å². The molecule has 2 N–H and O–H groups in total. The Morgan fingerprint density at radius 3 is 2.52 bits per heavy atom. The summed E-state index contributed by atoms with van der Waals surface area (Å²) in [6.07, 6.45) is 0.851. The van der Waals surface area contributed by atoms with Crippen molar-refractivity contribution in [3.8, 4) is 5.75 Å². The lowest BCUT2D eigenvalue weighted by Crippen LogP contribution is -2.50. The van der Waals surface area contributed by atoms with E-state index in [9.17, 15) is 9.90 Å². The Kier molecular flexibility index (Phi) is 5.93. The standard InChI is InChI=1S/C25H32ClN3O2/c1-16-13-17(2)23(31)22-18(16)14-25(3,4)24(22)27-21(30)15-28-9-11-29(12-10-28)20-8-6-5-7-19(20)26/h5-8,13,24,31H,9-12,14-15H2,1-4H3,(H,27,30). The van der Waals surface area contributed by atoms with Crippen LogP contribution in [-0.4, -0.2) is 48.6 Å². The van der Waals surface area contributed by atoms with Crippen LogP contribution >= 0.6 is 11.6 Å². The molecule has 166 valence electrons. The number of carbonyl (C=O) groups is 1. The Balaban J connectivity index is 1.41. The summed E-state index contributed by atoms with van der Waals surface area (Å²) in [5.74, 6) is 0.334. The summed E-state index contributed by atoms with van der Waals surface area (Å²) in [6.45, 7) is 12.0. The third kappa shape index (κ3) is 4.26. The van der Waals surface area contributed by atoms with Crippen molar-refractivity contribution in [3.05, 3.63) is 57.6 Å². The number of phenols is 1. The fourth-order valence-electron chi connectivity index (χ4n) is 5.07. The number of aryl methyl sites for hydroxylation is 2. The number of anilines is 1. The quantitative estimate of drug-likeness (QED) is 0.745. The molecule has 6 heteroatoms. The van der Waals surface area contributed by atoms with Gasteiger partial charge in [-0.3, -0.25) is 9.69 Å². The molecule has 0 spiro atoms. The minimum absolute atomic E-state index is 0.00989. The van der Waals surface area contributed by atoms with E-state index >= 15 is 0 Å². The molecule has 0 bridgehead atoms. The maximum absolute atomic E-state index is 13.0. The number of carbonyl (C=O) groups excluding carboxylic acids is 1. The van der Waals surface area contributed by atoms with E-state index in [1.54, 1.807) is 0 Å². The number of benzene rings is 2. The maximum atomic E-state index is 13.0. The second-order valence-electron chi connectivity index (χ2n) is 9.63. The number of hydrogen-bond donors (Lipinski definition) is 2. The summed E-state index contributed by atoms with van der Waals surface area (Å²) in [4.78, 5) is 17.4. The highest BCUT2D eigenvalue weighted by Gasteiger charge is 2.43. The first-order chi connectivity index (χ1) is 14.7. The normalized spacial score (nSPS) is 20.5. The fourth-order valence-corrected chi connectivity index (χ4v) is 5.33. The van der Waals surface area contributed by atoms with Gasteiger partial charge in [0.2, 0.25) is 5.91 Å². The Bertz CT molecular complexity index is 997. The first-order valence-electron chi connectivity index (χ1n) is 11.0. The van der Waals surface area contributed by atoms with E-state index in [0.29, 0.717) is 12.3 Å². The molecule has 1 aliphatic heterocycles. The number of nitrogens with zero attached hydrogens (tertiary/aromatic N) is 2. The molecule has 1 fully saturated rings. The van der Waals surface area contributed by atoms with E-state index in [2.05, 4.69) is 35.9 Å². The van der Waals surface area contributed by atoms with E-state index in [4.69, 9.17) is 11.6 Å². The highest BCUT2D eigenvalue weighted by Crippen LogP contribution is 2.50. The lowest BCUT2D eigenvalue weighted by atomic mass is 9.85. The zero-order valence-corrected chi connectivity index (χ0v) is 19.6. The molecule has 2 aromatic carbocycles. The van der Waals surface area contributed by atoms with Crippen molar-refractivity contribution in [2.24, 2.45) is 5.41 Å². The smallest absolute Gasteiger partial charge is 0.234 e. The van der Waals surface area contributed by atoms with Gasteiger partial charge in [-0.1, -0.05) is 43.6 Å². The molecule has 0 radical (unpaired) electrons. The summed E-state index contributed by atoms with van der Waals surface area (Å²) in [6, 6.07) is 9.75. The summed E-state index contributed by atoms with van der Waals surface area (Å²) < 4.78 is 0. The number of phenolic OH excluding ortho intramolecular Hbond substituents is 1. The Morgan fingerprint density at radius 1 is 1.16 bits per heavy atom. The Morgan fingerprint density at radius 2 is 1.84 bits per heavy atom. The van der Waals surface area contributed by atoms with Crippen molar-refractivity contribution in [1.29, 1.82) is 0 Å². The molecule has 31 heavy (non-hydrogen) atoms. The van der Waals surface area contributed by atoms with Gasteiger partial charge < -0.3 is 15.3 Å². The lowest BCUT2D eigenvalue weighted by molar-refractivity contribution is -0.123. The third-order valence-electron chi connectivity index (χ3n) is 6.80.